The van der Waals surface area contributed by atoms with Gasteiger partial charge in [-0.25, -0.2) is 9.55 Å². The summed E-state index contributed by atoms with van der Waals surface area (Å²) in [5.74, 6) is 1.42. The first kappa shape index (κ1) is 15.6. The number of benzene rings is 1. The molecule has 3 aromatic rings. The van der Waals surface area contributed by atoms with E-state index in [0.717, 1.165) is 16.9 Å². The summed E-state index contributed by atoms with van der Waals surface area (Å²) in [6, 6.07) is 6.52. The molecular weight excluding hydrogens is 282 g/mol. The first-order valence-corrected chi connectivity index (χ1v) is 8.12. The molecule has 2 aromatic heterocycles. The summed E-state index contributed by atoms with van der Waals surface area (Å²) in [6.07, 6.45) is 4.03. The van der Waals surface area contributed by atoms with Gasteiger partial charge in [-0.3, -0.25) is 0 Å². The van der Waals surface area contributed by atoms with Crippen molar-refractivity contribution in [3.8, 4) is 11.4 Å². The molecule has 23 heavy (non-hydrogen) atoms. The molecule has 0 bridgehead atoms. The van der Waals surface area contributed by atoms with Gasteiger partial charge in [0.05, 0.1) is 18.0 Å². The van der Waals surface area contributed by atoms with Crippen molar-refractivity contribution in [2.24, 2.45) is 7.05 Å². The summed E-state index contributed by atoms with van der Waals surface area (Å²) in [6.45, 7) is 10.9. The van der Waals surface area contributed by atoms with E-state index in [2.05, 4.69) is 75.6 Å². The van der Waals surface area contributed by atoms with Crippen LogP contribution in [0.3, 0.4) is 0 Å². The average molecular weight is 306 g/mol. The summed E-state index contributed by atoms with van der Waals surface area (Å²) in [7, 11) is 2.07. The Hall–Kier alpha value is -2.29. The van der Waals surface area contributed by atoms with E-state index >= 15 is 0 Å². The first-order valence-electron chi connectivity index (χ1n) is 8.12. The van der Waals surface area contributed by atoms with Gasteiger partial charge in [0.1, 0.15) is 6.20 Å². The minimum Gasteiger partial charge on any atom is -0.232 e. The molecule has 0 saturated carbocycles. The molecule has 0 spiro atoms. The maximum atomic E-state index is 4.88. The Labute approximate surface area is 138 Å². The van der Waals surface area contributed by atoms with Gasteiger partial charge in [-0.1, -0.05) is 19.9 Å². The van der Waals surface area contributed by atoms with Gasteiger partial charge >= 0.3 is 5.82 Å². The highest BCUT2D eigenvalue weighted by Crippen LogP contribution is 2.26. The second kappa shape index (κ2) is 5.73. The highest BCUT2D eigenvalue weighted by molar-refractivity contribution is 5.79. The van der Waals surface area contributed by atoms with Gasteiger partial charge < -0.3 is 0 Å². The molecule has 3 rings (SSSR count). The zero-order valence-electron chi connectivity index (χ0n) is 14.8. The topological polar surface area (TPSA) is 29.7 Å². The van der Waals surface area contributed by atoms with Crippen molar-refractivity contribution in [1.29, 1.82) is 0 Å². The maximum absolute atomic E-state index is 4.88. The number of fused-ring (bicyclic) bond motifs is 1. The number of rotatable bonds is 2. The van der Waals surface area contributed by atoms with E-state index in [1.54, 1.807) is 0 Å². The third kappa shape index (κ3) is 2.72. The van der Waals surface area contributed by atoms with Crippen LogP contribution in [0.25, 0.3) is 22.4 Å². The molecule has 0 aliphatic carbocycles. The van der Waals surface area contributed by atoms with Crippen LogP contribution in [-0.2, 0) is 7.05 Å². The van der Waals surface area contributed by atoms with Crippen LogP contribution < -0.4 is 4.57 Å². The minimum atomic E-state index is 0.455. The lowest BCUT2D eigenvalue weighted by atomic mass is 9.98. The molecule has 0 fully saturated rings. The second-order valence-corrected chi connectivity index (χ2v) is 6.72. The smallest absolute Gasteiger partial charge is 0.232 e. The van der Waals surface area contributed by atoms with Crippen LogP contribution in [0.4, 0.5) is 0 Å². The number of nitrogens with zero attached hydrogens (tertiary/aromatic N) is 3. The highest BCUT2D eigenvalue weighted by Gasteiger charge is 2.21. The molecule has 0 atom stereocenters. The van der Waals surface area contributed by atoms with Gasteiger partial charge in [0.25, 0.3) is 5.65 Å². The van der Waals surface area contributed by atoms with Crippen LogP contribution in [-0.4, -0.2) is 9.97 Å². The van der Waals surface area contributed by atoms with Crippen molar-refractivity contribution in [3.63, 3.8) is 0 Å². The van der Waals surface area contributed by atoms with Crippen molar-refractivity contribution in [2.45, 2.75) is 40.5 Å². The largest absolute Gasteiger partial charge is 0.333 e. The predicted molar refractivity (Wildman–Crippen MR) is 94.5 cm³/mol. The molecule has 0 unspecified atom stereocenters. The van der Waals surface area contributed by atoms with Crippen molar-refractivity contribution in [3.05, 3.63) is 52.8 Å². The Morgan fingerprint density at radius 1 is 1.09 bits per heavy atom. The van der Waals surface area contributed by atoms with E-state index < -0.39 is 0 Å². The van der Waals surface area contributed by atoms with Gasteiger partial charge in [-0.15, -0.1) is 0 Å². The Morgan fingerprint density at radius 3 is 2.52 bits per heavy atom. The summed E-state index contributed by atoms with van der Waals surface area (Å²) in [5.41, 5.74) is 7.13. The van der Waals surface area contributed by atoms with Crippen LogP contribution in [0.5, 0.6) is 0 Å². The SMILES string of the molecule is Cc1cc(C)c(C)c(-c2nc3nccc(C(C)C)c3c[n+]2C)c1. The van der Waals surface area contributed by atoms with E-state index in [9.17, 15) is 0 Å². The number of hydrogen-bond acceptors (Lipinski definition) is 2. The lowest BCUT2D eigenvalue weighted by Crippen LogP contribution is -2.32. The fourth-order valence-corrected chi connectivity index (χ4v) is 3.16. The lowest BCUT2D eigenvalue weighted by Gasteiger charge is -2.10. The molecule has 3 heteroatoms. The maximum Gasteiger partial charge on any atom is 0.333 e. The molecule has 0 N–H and O–H groups in total. The van der Waals surface area contributed by atoms with Crippen molar-refractivity contribution >= 4 is 11.0 Å². The fourth-order valence-electron chi connectivity index (χ4n) is 3.16. The third-order valence-corrected chi connectivity index (χ3v) is 4.55. The standard InChI is InChI=1S/C20H24N3/c1-12(2)16-7-8-21-19-18(16)11-23(6)20(22-19)17-10-13(3)9-14(4)15(17)5/h7-12H,1-6H3/q+1. The molecule has 0 radical (unpaired) electrons. The van der Waals surface area contributed by atoms with E-state index in [0.29, 0.717) is 5.92 Å². The average Bonchev–Trinajstić information content (AvgIpc) is 2.49. The van der Waals surface area contributed by atoms with Crippen molar-refractivity contribution in [1.82, 2.24) is 9.97 Å². The summed E-state index contributed by atoms with van der Waals surface area (Å²) in [5, 5.41) is 1.13. The Kier molecular flexibility index (Phi) is 3.88. The lowest BCUT2D eigenvalue weighted by molar-refractivity contribution is -0.661. The second-order valence-electron chi connectivity index (χ2n) is 6.72. The highest BCUT2D eigenvalue weighted by atomic mass is 15.0. The Balaban J connectivity index is 2.31. The van der Waals surface area contributed by atoms with Crippen molar-refractivity contribution < 1.29 is 4.57 Å². The number of aromatic nitrogens is 3. The first-order chi connectivity index (χ1) is 10.9. The van der Waals surface area contributed by atoms with E-state index in [1.165, 1.54) is 27.8 Å². The summed E-state index contributed by atoms with van der Waals surface area (Å²) in [4.78, 5) is 9.38. The Bertz CT molecular complexity index is 895. The molecular formula is C20H24N3+. The van der Waals surface area contributed by atoms with Gasteiger partial charge in [0.2, 0.25) is 0 Å². The molecule has 118 valence electrons. The van der Waals surface area contributed by atoms with E-state index in [-0.39, 0.29) is 0 Å². The monoisotopic (exact) mass is 306 g/mol. The molecule has 1 aromatic carbocycles. The molecule has 0 aliphatic heterocycles. The van der Waals surface area contributed by atoms with Gasteiger partial charge in [-0.05, 0) is 66.1 Å². The molecule has 3 nitrogen and oxygen atoms in total. The van der Waals surface area contributed by atoms with E-state index in [4.69, 9.17) is 4.98 Å². The minimum absolute atomic E-state index is 0.455. The predicted octanol–water partition coefficient (Wildman–Crippen LogP) is 4.17. The number of hydrogen-bond donors (Lipinski definition) is 0. The van der Waals surface area contributed by atoms with E-state index in [1.807, 2.05) is 6.20 Å². The quantitative estimate of drug-likeness (QED) is 0.665. The molecule has 0 aliphatic rings. The van der Waals surface area contributed by atoms with Crippen molar-refractivity contribution in [2.75, 3.05) is 0 Å². The zero-order chi connectivity index (χ0) is 16.7. The summed E-state index contributed by atoms with van der Waals surface area (Å²) < 4.78 is 2.12. The Morgan fingerprint density at radius 2 is 1.83 bits per heavy atom. The zero-order valence-corrected chi connectivity index (χ0v) is 14.8. The fraction of sp³-hybridized carbons (Fsp3) is 0.350. The third-order valence-electron chi connectivity index (χ3n) is 4.55. The number of aryl methyl sites for hydroxylation is 3. The van der Waals surface area contributed by atoms with Crippen LogP contribution >= 0.6 is 0 Å². The normalized spacial score (nSPS) is 11.4. The van der Waals surface area contributed by atoms with Gasteiger partial charge in [0.15, 0.2) is 0 Å². The summed E-state index contributed by atoms with van der Waals surface area (Å²) >= 11 is 0. The molecule has 0 saturated heterocycles. The molecule has 0 amide bonds. The number of pyridine rings is 1. The van der Waals surface area contributed by atoms with Gasteiger partial charge in [0, 0.05) is 6.20 Å². The van der Waals surface area contributed by atoms with Crippen LogP contribution in [0.2, 0.25) is 0 Å². The molecule has 2 heterocycles. The van der Waals surface area contributed by atoms with Crippen LogP contribution in [0, 0.1) is 20.8 Å². The van der Waals surface area contributed by atoms with Gasteiger partial charge in [-0.2, -0.15) is 0 Å². The van der Waals surface area contributed by atoms with Crippen LogP contribution in [0.15, 0.2) is 30.6 Å². The van der Waals surface area contributed by atoms with Crippen LogP contribution in [0.1, 0.15) is 42.0 Å².